The zero-order valence-electron chi connectivity index (χ0n) is 12.2. The van der Waals surface area contributed by atoms with Crippen LogP contribution in [0.15, 0.2) is 12.1 Å². The molecule has 0 saturated carbocycles. The summed E-state index contributed by atoms with van der Waals surface area (Å²) in [5, 5.41) is 9.35. The molecule has 0 radical (unpaired) electrons. The third-order valence-electron chi connectivity index (χ3n) is 3.40. The molecule has 1 aromatic rings. The maximum Gasteiger partial charge on any atom is 0.338 e. The van der Waals surface area contributed by atoms with Crippen molar-refractivity contribution in [1.82, 2.24) is 0 Å². The average Bonchev–Trinajstić information content (AvgIpc) is 2.41. The van der Waals surface area contributed by atoms with Crippen LogP contribution in [0.2, 0.25) is 0 Å². The lowest BCUT2D eigenvalue weighted by Crippen LogP contribution is -2.34. The molecule has 110 valence electrons. The highest BCUT2D eigenvalue weighted by molar-refractivity contribution is 5.94. The first-order valence-corrected chi connectivity index (χ1v) is 6.69. The van der Waals surface area contributed by atoms with E-state index in [1.165, 1.54) is 0 Å². The monoisotopic (exact) mass is 280 g/mol. The van der Waals surface area contributed by atoms with Gasteiger partial charge in [-0.2, -0.15) is 0 Å². The van der Waals surface area contributed by atoms with Crippen LogP contribution in [0.5, 0.6) is 11.5 Å². The summed E-state index contributed by atoms with van der Waals surface area (Å²) in [4.78, 5) is 12.0. The number of methoxy groups -OCH3 is 1. The van der Waals surface area contributed by atoms with Crippen LogP contribution in [0.1, 0.15) is 42.6 Å². The summed E-state index contributed by atoms with van der Waals surface area (Å²) in [6.07, 6.45) is -0.607. The number of aliphatic hydroxyl groups excluding tert-OH is 1. The summed E-state index contributed by atoms with van der Waals surface area (Å²) in [6, 6.07) is 3.37. The lowest BCUT2D eigenvalue weighted by Gasteiger charge is -2.32. The molecule has 0 amide bonds. The molecule has 20 heavy (non-hydrogen) atoms. The van der Waals surface area contributed by atoms with Crippen molar-refractivity contribution in [3.63, 3.8) is 0 Å². The first-order chi connectivity index (χ1) is 9.49. The summed E-state index contributed by atoms with van der Waals surface area (Å²) in [6.45, 7) is 5.51. The standard InChI is InChI=1S/C15H20O5/c1-8(2)19-14-11(18-4)6-5-10-13(14)9(3)12(7-16)20-15(10)17/h5-6,8-9,12,16H,7H2,1-4H3/t9?,12-/m1/s1. The Morgan fingerprint density at radius 2 is 2.10 bits per heavy atom. The summed E-state index contributed by atoms with van der Waals surface area (Å²) in [7, 11) is 1.56. The van der Waals surface area contributed by atoms with Gasteiger partial charge in [0.1, 0.15) is 6.10 Å². The van der Waals surface area contributed by atoms with E-state index in [1.54, 1.807) is 19.2 Å². The van der Waals surface area contributed by atoms with Crippen molar-refractivity contribution in [2.75, 3.05) is 13.7 Å². The smallest absolute Gasteiger partial charge is 0.338 e. The van der Waals surface area contributed by atoms with Gasteiger partial charge in [0, 0.05) is 11.5 Å². The second-order valence-corrected chi connectivity index (χ2v) is 5.14. The molecular formula is C15H20O5. The number of hydrogen-bond acceptors (Lipinski definition) is 5. The molecule has 0 spiro atoms. The maximum absolute atomic E-state index is 12.0. The topological polar surface area (TPSA) is 65.0 Å². The SMILES string of the molecule is COc1ccc2c(c1OC(C)C)C(C)[C@@H](CO)OC2=O. The quantitative estimate of drug-likeness (QED) is 0.856. The predicted octanol–water partition coefficient (Wildman–Crippen LogP) is 2.12. The third kappa shape index (κ3) is 2.45. The zero-order chi connectivity index (χ0) is 14.9. The minimum absolute atomic E-state index is 0.0480. The van der Waals surface area contributed by atoms with Crippen LogP contribution in [-0.2, 0) is 4.74 Å². The number of hydrogen-bond donors (Lipinski definition) is 1. The van der Waals surface area contributed by atoms with Gasteiger partial charge in [0.15, 0.2) is 11.5 Å². The minimum atomic E-state index is -0.559. The van der Waals surface area contributed by atoms with E-state index in [4.69, 9.17) is 14.2 Å². The van der Waals surface area contributed by atoms with Crippen LogP contribution < -0.4 is 9.47 Å². The zero-order valence-corrected chi connectivity index (χ0v) is 12.2. The molecule has 1 aliphatic heterocycles. The van der Waals surface area contributed by atoms with Crippen LogP contribution in [0.25, 0.3) is 0 Å². The van der Waals surface area contributed by atoms with Crippen LogP contribution in [0, 0.1) is 0 Å². The molecule has 2 rings (SSSR count). The van der Waals surface area contributed by atoms with Gasteiger partial charge in [-0.25, -0.2) is 4.79 Å². The van der Waals surface area contributed by atoms with Crippen molar-refractivity contribution in [1.29, 1.82) is 0 Å². The number of esters is 1. The highest BCUT2D eigenvalue weighted by Gasteiger charge is 2.36. The predicted molar refractivity (Wildman–Crippen MR) is 73.5 cm³/mol. The molecule has 1 heterocycles. The van der Waals surface area contributed by atoms with E-state index in [0.29, 0.717) is 17.1 Å². The number of carbonyl (C=O) groups is 1. The van der Waals surface area contributed by atoms with Crippen molar-refractivity contribution in [3.8, 4) is 11.5 Å². The Morgan fingerprint density at radius 1 is 1.40 bits per heavy atom. The van der Waals surface area contributed by atoms with E-state index < -0.39 is 12.1 Å². The van der Waals surface area contributed by atoms with Crippen LogP contribution in [-0.4, -0.2) is 37.0 Å². The molecular weight excluding hydrogens is 260 g/mol. The van der Waals surface area contributed by atoms with E-state index in [9.17, 15) is 9.90 Å². The third-order valence-corrected chi connectivity index (χ3v) is 3.40. The van der Waals surface area contributed by atoms with Gasteiger partial charge in [0.25, 0.3) is 0 Å². The molecule has 1 N–H and O–H groups in total. The van der Waals surface area contributed by atoms with E-state index in [1.807, 2.05) is 20.8 Å². The summed E-state index contributed by atoms with van der Waals surface area (Å²) in [5.74, 6) is 0.545. The van der Waals surface area contributed by atoms with Crippen molar-refractivity contribution in [3.05, 3.63) is 23.3 Å². The number of carbonyl (C=O) groups excluding carboxylic acids is 1. The van der Waals surface area contributed by atoms with Gasteiger partial charge in [-0.05, 0) is 26.0 Å². The Labute approximate surface area is 118 Å². The number of ether oxygens (including phenoxy) is 3. The van der Waals surface area contributed by atoms with Crippen molar-refractivity contribution in [2.24, 2.45) is 0 Å². The molecule has 0 bridgehead atoms. The molecule has 0 saturated heterocycles. The first-order valence-electron chi connectivity index (χ1n) is 6.69. The fraction of sp³-hybridized carbons (Fsp3) is 0.533. The number of cyclic esters (lactones) is 1. The second-order valence-electron chi connectivity index (χ2n) is 5.14. The average molecular weight is 280 g/mol. The molecule has 0 aliphatic carbocycles. The Bertz CT molecular complexity index is 509. The highest BCUT2D eigenvalue weighted by atomic mass is 16.6. The Balaban J connectivity index is 2.60. The fourth-order valence-corrected chi connectivity index (χ4v) is 2.41. The van der Waals surface area contributed by atoms with Crippen LogP contribution in [0.4, 0.5) is 0 Å². The number of fused-ring (bicyclic) bond motifs is 1. The van der Waals surface area contributed by atoms with Gasteiger partial charge < -0.3 is 19.3 Å². The fourth-order valence-electron chi connectivity index (χ4n) is 2.41. The molecule has 2 atom stereocenters. The minimum Gasteiger partial charge on any atom is -0.493 e. The molecule has 1 unspecified atom stereocenters. The normalized spacial score (nSPS) is 21.4. The highest BCUT2D eigenvalue weighted by Crippen LogP contribution is 2.43. The summed E-state index contributed by atoms with van der Waals surface area (Å²) >= 11 is 0. The Kier molecular flexibility index (Phi) is 4.18. The maximum atomic E-state index is 12.0. The van der Waals surface area contributed by atoms with E-state index >= 15 is 0 Å². The molecule has 0 aromatic heterocycles. The molecule has 1 aliphatic rings. The van der Waals surface area contributed by atoms with Crippen LogP contribution in [0.3, 0.4) is 0 Å². The summed E-state index contributed by atoms with van der Waals surface area (Å²) < 4.78 is 16.4. The largest absolute Gasteiger partial charge is 0.493 e. The van der Waals surface area contributed by atoms with Crippen molar-refractivity contribution in [2.45, 2.75) is 38.9 Å². The molecule has 0 fully saturated rings. The van der Waals surface area contributed by atoms with E-state index in [2.05, 4.69) is 0 Å². The van der Waals surface area contributed by atoms with Gasteiger partial charge >= 0.3 is 5.97 Å². The molecule has 1 aromatic carbocycles. The van der Waals surface area contributed by atoms with Crippen molar-refractivity contribution < 1.29 is 24.1 Å². The van der Waals surface area contributed by atoms with Gasteiger partial charge in [-0.1, -0.05) is 6.92 Å². The second kappa shape index (κ2) is 5.71. The lowest BCUT2D eigenvalue weighted by molar-refractivity contribution is 0.000177. The Hall–Kier alpha value is -1.75. The summed E-state index contributed by atoms with van der Waals surface area (Å²) in [5.41, 5.74) is 1.21. The lowest BCUT2D eigenvalue weighted by atomic mass is 9.87. The van der Waals surface area contributed by atoms with Gasteiger partial charge in [-0.15, -0.1) is 0 Å². The van der Waals surface area contributed by atoms with Crippen molar-refractivity contribution >= 4 is 5.97 Å². The number of aliphatic hydroxyl groups is 1. The van der Waals surface area contributed by atoms with Gasteiger partial charge in [0.05, 0.1) is 25.4 Å². The van der Waals surface area contributed by atoms with Gasteiger partial charge in [-0.3, -0.25) is 0 Å². The van der Waals surface area contributed by atoms with Crippen LogP contribution >= 0.6 is 0 Å². The number of rotatable bonds is 4. The van der Waals surface area contributed by atoms with E-state index in [-0.39, 0.29) is 18.6 Å². The first kappa shape index (κ1) is 14.7. The Morgan fingerprint density at radius 3 is 2.65 bits per heavy atom. The number of benzene rings is 1. The van der Waals surface area contributed by atoms with E-state index in [0.717, 1.165) is 5.56 Å². The van der Waals surface area contributed by atoms with Gasteiger partial charge in [0.2, 0.25) is 0 Å². The molecule has 5 nitrogen and oxygen atoms in total. The molecule has 5 heteroatoms.